The number of anilines is 1. The summed E-state index contributed by atoms with van der Waals surface area (Å²) in [6, 6.07) is 15.9. The van der Waals surface area contributed by atoms with E-state index in [0.29, 0.717) is 29.0 Å². The van der Waals surface area contributed by atoms with Gasteiger partial charge in [0.1, 0.15) is 23.7 Å². The van der Waals surface area contributed by atoms with Gasteiger partial charge < -0.3 is 4.74 Å². The molecule has 7 heteroatoms. The van der Waals surface area contributed by atoms with Gasteiger partial charge in [-0.25, -0.2) is 14.1 Å². The molecular formula is C29H25FN2O4. The van der Waals surface area contributed by atoms with Crippen LogP contribution in [0.3, 0.4) is 0 Å². The lowest BCUT2D eigenvalue weighted by atomic mass is 10.0. The van der Waals surface area contributed by atoms with Crippen molar-refractivity contribution in [2.24, 2.45) is 0 Å². The standard InChI is InChI=1S/C29H25FN2O4/c1-4-7-21-15-20(11-13-26(21)36-17-22-8-5-6-9-25(22)30)16-24-27(33)31-29(35)32(28(24)34)23-12-10-18(2)19(3)14-23/h4-6,8-16H,1,7,17H2,2-3H3,(H,31,33,35)/b24-16+. The highest BCUT2D eigenvalue weighted by Crippen LogP contribution is 2.27. The highest BCUT2D eigenvalue weighted by Gasteiger charge is 2.36. The highest BCUT2D eigenvalue weighted by atomic mass is 19.1. The summed E-state index contributed by atoms with van der Waals surface area (Å²) in [6.07, 6.45) is 3.59. The molecule has 0 atom stereocenters. The minimum atomic E-state index is -0.797. The van der Waals surface area contributed by atoms with E-state index in [4.69, 9.17) is 4.74 Å². The molecule has 0 unspecified atom stereocenters. The van der Waals surface area contributed by atoms with E-state index in [1.807, 2.05) is 19.9 Å². The Morgan fingerprint density at radius 1 is 0.972 bits per heavy atom. The first-order valence-corrected chi connectivity index (χ1v) is 11.4. The molecule has 0 bridgehead atoms. The molecule has 0 saturated carbocycles. The number of carbonyl (C=O) groups is 3. The minimum Gasteiger partial charge on any atom is -0.489 e. The van der Waals surface area contributed by atoms with Crippen molar-refractivity contribution in [3.05, 3.63) is 113 Å². The largest absolute Gasteiger partial charge is 0.489 e. The smallest absolute Gasteiger partial charge is 0.335 e. The maximum atomic E-state index is 14.0. The first-order valence-electron chi connectivity index (χ1n) is 11.4. The third-order valence-corrected chi connectivity index (χ3v) is 5.95. The second-order valence-corrected chi connectivity index (χ2v) is 8.47. The van der Waals surface area contributed by atoms with Gasteiger partial charge in [0.05, 0.1) is 5.69 Å². The molecular weight excluding hydrogens is 459 g/mol. The SMILES string of the molecule is C=CCc1cc(/C=C2\C(=O)NC(=O)N(c3ccc(C)c(C)c3)C2=O)ccc1OCc1ccccc1F. The van der Waals surface area contributed by atoms with E-state index < -0.39 is 17.8 Å². The number of nitrogens with zero attached hydrogens (tertiary/aromatic N) is 1. The average molecular weight is 485 g/mol. The number of imide groups is 2. The van der Waals surface area contributed by atoms with Crippen molar-refractivity contribution in [3.63, 3.8) is 0 Å². The molecule has 6 nitrogen and oxygen atoms in total. The molecule has 4 amide bonds. The fraction of sp³-hybridized carbons (Fsp3) is 0.138. The molecule has 1 saturated heterocycles. The quantitative estimate of drug-likeness (QED) is 0.276. The summed E-state index contributed by atoms with van der Waals surface area (Å²) in [4.78, 5) is 39.2. The molecule has 182 valence electrons. The zero-order valence-electron chi connectivity index (χ0n) is 20.0. The van der Waals surface area contributed by atoms with Crippen molar-refractivity contribution in [2.75, 3.05) is 4.90 Å². The van der Waals surface area contributed by atoms with E-state index in [1.165, 1.54) is 12.1 Å². The summed E-state index contributed by atoms with van der Waals surface area (Å²) in [5.41, 5.74) is 3.88. The van der Waals surface area contributed by atoms with Crippen molar-refractivity contribution in [1.82, 2.24) is 5.32 Å². The van der Waals surface area contributed by atoms with Gasteiger partial charge in [-0.3, -0.25) is 14.9 Å². The van der Waals surface area contributed by atoms with Crippen molar-refractivity contribution in [3.8, 4) is 5.75 Å². The second-order valence-electron chi connectivity index (χ2n) is 8.47. The van der Waals surface area contributed by atoms with Gasteiger partial charge in [0.2, 0.25) is 0 Å². The van der Waals surface area contributed by atoms with Crippen LogP contribution in [0.25, 0.3) is 6.08 Å². The van der Waals surface area contributed by atoms with Crippen molar-refractivity contribution in [1.29, 1.82) is 0 Å². The first-order chi connectivity index (χ1) is 17.3. The Kier molecular flexibility index (Phi) is 7.10. The maximum Gasteiger partial charge on any atom is 0.335 e. The number of urea groups is 1. The second kappa shape index (κ2) is 10.4. The summed E-state index contributed by atoms with van der Waals surface area (Å²) >= 11 is 0. The number of barbiturate groups is 1. The maximum absolute atomic E-state index is 14.0. The van der Waals surface area contributed by atoms with E-state index in [0.717, 1.165) is 21.6 Å². The van der Waals surface area contributed by atoms with Crippen LogP contribution >= 0.6 is 0 Å². The third kappa shape index (κ3) is 5.10. The minimum absolute atomic E-state index is 0.0468. The number of allylic oxidation sites excluding steroid dienone is 1. The van der Waals surface area contributed by atoms with Crippen LogP contribution in [0.4, 0.5) is 14.9 Å². The normalized spacial score (nSPS) is 14.7. The summed E-state index contributed by atoms with van der Waals surface area (Å²) in [6.45, 7) is 7.62. The fourth-order valence-electron chi connectivity index (χ4n) is 3.84. The molecule has 0 spiro atoms. The Balaban J connectivity index is 1.63. The van der Waals surface area contributed by atoms with Crippen LogP contribution in [-0.4, -0.2) is 17.8 Å². The number of carbonyl (C=O) groups excluding carboxylic acids is 3. The van der Waals surface area contributed by atoms with Crippen LogP contribution in [0, 0.1) is 19.7 Å². The number of halogens is 1. The number of aryl methyl sites for hydroxylation is 2. The zero-order chi connectivity index (χ0) is 25.8. The van der Waals surface area contributed by atoms with Crippen molar-refractivity contribution >= 4 is 29.6 Å². The zero-order valence-corrected chi connectivity index (χ0v) is 20.0. The van der Waals surface area contributed by atoms with Crippen LogP contribution in [-0.2, 0) is 22.6 Å². The van der Waals surface area contributed by atoms with Crippen LogP contribution in [0.15, 0.2) is 78.9 Å². The summed E-state index contributed by atoms with van der Waals surface area (Å²) in [5, 5.41) is 2.24. The predicted octanol–water partition coefficient (Wildman–Crippen LogP) is 5.42. The lowest BCUT2D eigenvalue weighted by Gasteiger charge is -2.27. The lowest BCUT2D eigenvalue weighted by Crippen LogP contribution is -2.54. The molecule has 1 N–H and O–H groups in total. The Morgan fingerprint density at radius 3 is 2.47 bits per heavy atom. The Bertz CT molecular complexity index is 1410. The molecule has 3 aromatic rings. The molecule has 0 radical (unpaired) electrons. The van der Waals surface area contributed by atoms with E-state index in [2.05, 4.69) is 11.9 Å². The van der Waals surface area contributed by atoms with Gasteiger partial charge in [0.25, 0.3) is 11.8 Å². The van der Waals surface area contributed by atoms with Gasteiger partial charge in [0, 0.05) is 5.56 Å². The summed E-state index contributed by atoms with van der Waals surface area (Å²) < 4.78 is 19.8. The molecule has 3 aromatic carbocycles. The fourth-order valence-corrected chi connectivity index (χ4v) is 3.84. The first kappa shape index (κ1) is 24.6. The number of hydrogen-bond donors (Lipinski definition) is 1. The number of hydrogen-bond acceptors (Lipinski definition) is 4. The molecule has 1 aliphatic heterocycles. The number of rotatable bonds is 7. The number of nitrogens with one attached hydrogen (secondary N) is 1. The van der Waals surface area contributed by atoms with Gasteiger partial charge >= 0.3 is 6.03 Å². The van der Waals surface area contributed by atoms with Gasteiger partial charge in [0.15, 0.2) is 0 Å². The third-order valence-electron chi connectivity index (χ3n) is 5.95. The lowest BCUT2D eigenvalue weighted by molar-refractivity contribution is -0.122. The van der Waals surface area contributed by atoms with E-state index in [1.54, 1.807) is 54.6 Å². The van der Waals surface area contributed by atoms with Gasteiger partial charge in [-0.15, -0.1) is 6.58 Å². The molecule has 36 heavy (non-hydrogen) atoms. The van der Waals surface area contributed by atoms with E-state index in [-0.39, 0.29) is 18.0 Å². The number of ether oxygens (including phenoxy) is 1. The molecule has 4 rings (SSSR count). The molecule has 1 fully saturated rings. The van der Waals surface area contributed by atoms with E-state index in [9.17, 15) is 18.8 Å². The van der Waals surface area contributed by atoms with Crippen molar-refractivity contribution in [2.45, 2.75) is 26.9 Å². The molecule has 1 heterocycles. The highest BCUT2D eigenvalue weighted by molar-refractivity contribution is 6.39. The summed E-state index contributed by atoms with van der Waals surface area (Å²) in [7, 11) is 0. The molecule has 1 aliphatic rings. The molecule has 0 aliphatic carbocycles. The monoisotopic (exact) mass is 484 g/mol. The van der Waals surface area contributed by atoms with Crippen LogP contribution < -0.4 is 15.0 Å². The number of amides is 4. The average Bonchev–Trinajstić information content (AvgIpc) is 2.84. The topological polar surface area (TPSA) is 75.7 Å². The van der Waals surface area contributed by atoms with Crippen LogP contribution in [0.5, 0.6) is 5.75 Å². The van der Waals surface area contributed by atoms with Gasteiger partial charge in [-0.2, -0.15) is 0 Å². The number of benzene rings is 3. The van der Waals surface area contributed by atoms with Gasteiger partial charge in [-0.1, -0.05) is 36.4 Å². The van der Waals surface area contributed by atoms with Crippen LogP contribution in [0.2, 0.25) is 0 Å². The van der Waals surface area contributed by atoms with Crippen LogP contribution in [0.1, 0.15) is 27.8 Å². The van der Waals surface area contributed by atoms with Gasteiger partial charge in [-0.05, 0) is 78.9 Å². The Hall–Kier alpha value is -4.52. The Labute approximate surface area is 208 Å². The van der Waals surface area contributed by atoms with Crippen molar-refractivity contribution < 1.29 is 23.5 Å². The molecule has 0 aromatic heterocycles. The van der Waals surface area contributed by atoms with E-state index >= 15 is 0 Å². The Morgan fingerprint density at radius 2 is 1.75 bits per heavy atom. The predicted molar refractivity (Wildman–Crippen MR) is 136 cm³/mol. The summed E-state index contributed by atoms with van der Waals surface area (Å²) in [5.74, 6) is -1.30.